The number of nitrogens with one attached hydrogen (secondary N) is 1. The highest BCUT2D eigenvalue weighted by Crippen LogP contribution is 2.33. The van der Waals surface area contributed by atoms with Gasteiger partial charge in [0.15, 0.2) is 17.9 Å². The van der Waals surface area contributed by atoms with Gasteiger partial charge in [-0.05, 0) is 38.9 Å². The zero-order chi connectivity index (χ0) is 32.4. The van der Waals surface area contributed by atoms with E-state index in [4.69, 9.17) is 21.0 Å². The lowest BCUT2D eigenvalue weighted by Crippen LogP contribution is -2.76. The number of nitrogen functional groups attached to an aromatic ring is 1. The summed E-state index contributed by atoms with van der Waals surface area (Å²) in [5.41, 5.74) is 10.1. The minimum absolute atomic E-state index is 0.0551. The molecule has 2 atom stereocenters. The third-order valence-corrected chi connectivity index (χ3v) is 7.66. The molecule has 1 aliphatic rings. The molecule has 0 radical (unpaired) electrons. The number of aryl methyl sites for hydroxylation is 2. The van der Waals surface area contributed by atoms with Crippen LogP contribution in [0.3, 0.4) is 0 Å². The highest BCUT2D eigenvalue weighted by Gasteiger charge is 2.57. The van der Waals surface area contributed by atoms with Gasteiger partial charge in [-0.3, -0.25) is 9.59 Å². The molecule has 0 saturated carbocycles. The second kappa shape index (κ2) is 12.7. The predicted molar refractivity (Wildman–Crippen MR) is 151 cm³/mol. The number of carbonyl (C=O) groups is 3. The van der Waals surface area contributed by atoms with E-state index >= 15 is 0 Å². The first-order valence-electron chi connectivity index (χ1n) is 12.9. The van der Waals surface area contributed by atoms with Crippen molar-refractivity contribution < 1.29 is 51.0 Å². The Morgan fingerprint density at radius 1 is 1.36 bits per heavy atom. The normalized spacial score (nSPS) is 17.3. The second-order valence-corrected chi connectivity index (χ2v) is 12.0. The number of carbonyl (C=O) groups excluding carboxylic acids is 2. The Hall–Kier alpha value is -4.37. The van der Waals surface area contributed by atoms with E-state index in [1.54, 1.807) is 12.1 Å². The van der Waals surface area contributed by atoms with Gasteiger partial charge in [0.1, 0.15) is 24.1 Å². The molecule has 3 aromatic rings. The van der Waals surface area contributed by atoms with Crippen LogP contribution in [0.2, 0.25) is 0 Å². The minimum Gasteiger partial charge on any atom is -0.724 e. The van der Waals surface area contributed by atoms with Gasteiger partial charge < -0.3 is 36.0 Å². The number of oxime groups is 1. The molecule has 6 N–H and O–H groups in total. The summed E-state index contributed by atoms with van der Waals surface area (Å²) in [6.45, 7) is 3.43. The molecule has 18 nitrogen and oxygen atoms in total. The van der Waals surface area contributed by atoms with E-state index in [1.165, 1.54) is 19.2 Å². The summed E-state index contributed by atoms with van der Waals surface area (Å²) in [6.07, 6.45) is 1.02. The first kappa shape index (κ1) is 32.5. The maximum atomic E-state index is 13.2. The Kier molecular flexibility index (Phi) is 9.39. The van der Waals surface area contributed by atoms with Crippen molar-refractivity contribution in [3.05, 3.63) is 35.5 Å². The van der Waals surface area contributed by atoms with Crippen LogP contribution in [-0.2, 0) is 47.5 Å². The average Bonchev–Trinajstić information content (AvgIpc) is 3.52. The third-order valence-electron chi connectivity index (χ3n) is 6.66. The lowest BCUT2D eigenvalue weighted by atomic mass is 9.84. The van der Waals surface area contributed by atoms with Crippen LogP contribution in [0.25, 0.3) is 10.9 Å². The molecule has 1 aliphatic heterocycles. The fourth-order valence-corrected chi connectivity index (χ4v) is 5.32. The number of fused-ring (bicyclic) bond motifs is 1. The minimum atomic E-state index is -5.26. The van der Waals surface area contributed by atoms with Crippen LogP contribution < -0.4 is 26.2 Å². The molecule has 0 aliphatic carbocycles. The third kappa shape index (κ3) is 7.05. The van der Waals surface area contributed by atoms with Crippen LogP contribution in [0, 0.1) is 0 Å². The topological polar surface area (TPSA) is 258 Å². The van der Waals surface area contributed by atoms with Gasteiger partial charge in [0.25, 0.3) is 17.9 Å². The maximum absolute atomic E-state index is 13.2. The number of ether oxygens (including phenoxy) is 1. The molecule has 1 fully saturated rings. The van der Waals surface area contributed by atoms with E-state index in [2.05, 4.69) is 19.7 Å². The quantitative estimate of drug-likeness (QED) is 0.0390. The van der Waals surface area contributed by atoms with Crippen molar-refractivity contribution in [1.29, 1.82) is 0 Å². The van der Waals surface area contributed by atoms with Gasteiger partial charge in [-0.15, -0.1) is 16.0 Å². The Morgan fingerprint density at radius 3 is 2.68 bits per heavy atom. The van der Waals surface area contributed by atoms with E-state index in [9.17, 15) is 32.5 Å². The van der Waals surface area contributed by atoms with Crippen LogP contribution in [0.5, 0.6) is 5.75 Å². The second-order valence-electron chi connectivity index (χ2n) is 10.1. The summed E-state index contributed by atoms with van der Waals surface area (Å²) >= 11 is 0.955. The largest absolute Gasteiger partial charge is 0.724 e. The summed E-state index contributed by atoms with van der Waals surface area (Å²) < 4.78 is 46.7. The number of thiazole rings is 1. The number of nitrogens with two attached hydrogens (primary N) is 2. The number of β-lactam (4-membered cyclic amide) rings is 1. The van der Waals surface area contributed by atoms with Crippen molar-refractivity contribution >= 4 is 61.3 Å². The van der Waals surface area contributed by atoms with Crippen LogP contribution in [0.15, 0.2) is 34.9 Å². The number of hydrogen-bond donors (Lipinski definition) is 4. The highest BCUT2D eigenvalue weighted by atomic mass is 32.3. The maximum Gasteiger partial charge on any atom is 0.351 e. The van der Waals surface area contributed by atoms with Gasteiger partial charge in [0.05, 0.1) is 23.7 Å². The molecule has 1 aromatic carbocycles. The van der Waals surface area contributed by atoms with Crippen molar-refractivity contribution in [2.45, 2.75) is 44.5 Å². The van der Waals surface area contributed by atoms with Crippen molar-refractivity contribution in [1.82, 2.24) is 20.0 Å². The van der Waals surface area contributed by atoms with E-state index < -0.39 is 58.2 Å². The molecule has 20 heteroatoms. The molecular weight excluding hydrogens is 624 g/mol. The number of nitrogens with zero attached hydrogens (tertiary/aromatic N) is 5. The molecular formula is C24H30N8O10S2. The zero-order valence-electron chi connectivity index (χ0n) is 23.7. The number of aromatic nitrogens is 3. The number of carboxylic acids is 1. The molecule has 0 bridgehead atoms. The van der Waals surface area contributed by atoms with E-state index in [-0.39, 0.29) is 10.8 Å². The monoisotopic (exact) mass is 654 g/mol. The van der Waals surface area contributed by atoms with Crippen LogP contribution in [0.4, 0.5) is 5.13 Å². The first-order valence-corrected chi connectivity index (χ1v) is 15.1. The number of hydroxylamine groups is 2. The van der Waals surface area contributed by atoms with Crippen molar-refractivity contribution in [3.8, 4) is 5.75 Å². The molecule has 238 valence electrons. The summed E-state index contributed by atoms with van der Waals surface area (Å²) in [6, 6.07) is 3.86. The standard InChI is InChI=1S/C24H30N8O10S2/c1-24(2)19(21(34)32(24)42-44(37,38)39)28-20(33)18(15-12-43-23(26)27-15)29-41-17(22(35)36)11-40-14-5-6-16-13(9-14)10-31(30(16)3)8-4-7-25/h5-6,9-10,12,17,19H,4,7-8,11,25H2,1-3H3,(H4-,26,27,28,33,35,36,37,38,39)/b29-18-/t17?,19-/m1/s1. The number of aliphatic carboxylic acids is 1. The van der Waals surface area contributed by atoms with Crippen molar-refractivity contribution in [2.75, 3.05) is 18.9 Å². The van der Waals surface area contributed by atoms with Crippen LogP contribution >= 0.6 is 11.3 Å². The Labute approximate surface area is 254 Å². The van der Waals surface area contributed by atoms with Gasteiger partial charge in [-0.1, -0.05) is 5.16 Å². The number of carboxylic acid groups (broad SMARTS) is 1. The Balaban J connectivity index is 1.49. The molecule has 2 amide bonds. The highest BCUT2D eigenvalue weighted by molar-refractivity contribution is 7.80. The van der Waals surface area contributed by atoms with Gasteiger partial charge in [0.2, 0.25) is 15.9 Å². The predicted octanol–water partition coefficient (Wildman–Crippen LogP) is -1.40. The van der Waals surface area contributed by atoms with Gasteiger partial charge in [0, 0.05) is 11.4 Å². The first-order chi connectivity index (χ1) is 20.6. The van der Waals surface area contributed by atoms with Crippen LogP contribution in [-0.4, -0.2) is 87.1 Å². The smallest absolute Gasteiger partial charge is 0.351 e. The van der Waals surface area contributed by atoms with Crippen LogP contribution in [0.1, 0.15) is 26.0 Å². The van der Waals surface area contributed by atoms with E-state index in [0.717, 1.165) is 28.7 Å². The summed E-state index contributed by atoms with van der Waals surface area (Å²) in [5, 5.41) is 18.4. The number of benzene rings is 1. The number of anilines is 1. The SMILES string of the molecule is C[n+]1c2ccc(OCC(O/N=C(\C(=O)N[C@@H]3C(=O)N(OS(=O)(=O)[O-])C3(C)C)c3csc(N)n3)C(=O)O)cc2cn1CCCN. The van der Waals surface area contributed by atoms with Gasteiger partial charge in [-0.2, -0.15) is 14.0 Å². The van der Waals surface area contributed by atoms with Gasteiger partial charge >= 0.3 is 5.97 Å². The fourth-order valence-electron chi connectivity index (χ4n) is 4.33. The number of hydrogen-bond acceptors (Lipinski definition) is 14. The van der Waals surface area contributed by atoms with Gasteiger partial charge in [-0.25, -0.2) is 18.2 Å². The molecule has 1 unspecified atom stereocenters. The lowest BCUT2D eigenvalue weighted by Gasteiger charge is -2.51. The molecule has 1 saturated heterocycles. The molecule has 44 heavy (non-hydrogen) atoms. The Morgan fingerprint density at radius 2 is 2.09 bits per heavy atom. The Bertz CT molecular complexity index is 1720. The molecule has 2 aromatic heterocycles. The summed E-state index contributed by atoms with van der Waals surface area (Å²) in [5.74, 6) is -3.16. The van der Waals surface area contributed by atoms with E-state index in [1.807, 2.05) is 28.7 Å². The fraction of sp³-hybridized carbons (Fsp3) is 0.417. The molecule has 4 rings (SSSR count). The summed E-state index contributed by atoms with van der Waals surface area (Å²) in [4.78, 5) is 46.8. The summed E-state index contributed by atoms with van der Waals surface area (Å²) in [7, 11) is -3.36. The lowest BCUT2D eigenvalue weighted by molar-refractivity contribution is -0.730. The van der Waals surface area contributed by atoms with Crippen molar-refractivity contribution in [2.24, 2.45) is 17.9 Å². The molecule has 0 spiro atoms. The van der Waals surface area contributed by atoms with E-state index in [0.29, 0.717) is 23.9 Å². The average molecular weight is 655 g/mol. The number of amides is 2. The molecule has 3 heterocycles. The van der Waals surface area contributed by atoms with Crippen molar-refractivity contribution in [3.63, 3.8) is 0 Å². The zero-order valence-corrected chi connectivity index (χ0v) is 25.3. The number of rotatable bonds is 14.